The van der Waals surface area contributed by atoms with Gasteiger partial charge in [0.05, 0.1) is 23.9 Å². The molecular weight excluding hydrogens is 254 g/mol. The molecule has 0 bridgehead atoms. The maximum atomic E-state index is 6.00. The van der Waals surface area contributed by atoms with Gasteiger partial charge in [0.25, 0.3) is 0 Å². The fourth-order valence-corrected chi connectivity index (χ4v) is 3.23. The highest BCUT2D eigenvalue weighted by Gasteiger charge is 2.41. The van der Waals surface area contributed by atoms with Crippen LogP contribution in [0.25, 0.3) is 0 Å². The standard InChI is InChI=1S/C15H25N3O2/c1-3-16-9-13-10-18(17-12(13)2)14-4-6-20-15(8-14)5-7-19-11-15/h10,14,16H,3-9,11H2,1-2H3. The van der Waals surface area contributed by atoms with Gasteiger partial charge in [-0.15, -0.1) is 0 Å². The molecule has 1 spiro atoms. The molecule has 0 amide bonds. The number of nitrogens with zero attached hydrogens (tertiary/aromatic N) is 2. The third-order valence-corrected chi connectivity index (χ3v) is 4.49. The van der Waals surface area contributed by atoms with Crippen molar-refractivity contribution in [3.63, 3.8) is 0 Å². The lowest BCUT2D eigenvalue weighted by Crippen LogP contribution is -2.41. The van der Waals surface area contributed by atoms with Gasteiger partial charge in [0.15, 0.2) is 0 Å². The molecule has 0 aromatic carbocycles. The van der Waals surface area contributed by atoms with Gasteiger partial charge in [0, 0.05) is 44.4 Å². The van der Waals surface area contributed by atoms with E-state index in [2.05, 4.69) is 30.0 Å². The van der Waals surface area contributed by atoms with Gasteiger partial charge in [-0.25, -0.2) is 0 Å². The third-order valence-electron chi connectivity index (χ3n) is 4.49. The van der Waals surface area contributed by atoms with Crippen LogP contribution < -0.4 is 5.32 Å². The van der Waals surface area contributed by atoms with Gasteiger partial charge >= 0.3 is 0 Å². The molecule has 2 fully saturated rings. The Labute approximate surface area is 120 Å². The first-order valence-corrected chi connectivity index (χ1v) is 7.69. The first-order valence-electron chi connectivity index (χ1n) is 7.69. The molecule has 3 heterocycles. The Balaban J connectivity index is 1.72. The quantitative estimate of drug-likeness (QED) is 0.913. The highest BCUT2D eigenvalue weighted by atomic mass is 16.6. The average molecular weight is 279 g/mol. The zero-order valence-electron chi connectivity index (χ0n) is 12.5. The van der Waals surface area contributed by atoms with Crippen LogP contribution in [0.5, 0.6) is 0 Å². The summed E-state index contributed by atoms with van der Waals surface area (Å²) in [6, 6.07) is 0.444. The van der Waals surface area contributed by atoms with Crippen LogP contribution in [0.1, 0.15) is 43.5 Å². The van der Waals surface area contributed by atoms with E-state index in [0.29, 0.717) is 6.04 Å². The van der Waals surface area contributed by atoms with E-state index in [4.69, 9.17) is 14.6 Å². The van der Waals surface area contributed by atoms with E-state index in [1.807, 2.05) is 0 Å². The molecule has 5 heteroatoms. The van der Waals surface area contributed by atoms with E-state index in [-0.39, 0.29) is 5.60 Å². The highest BCUT2D eigenvalue weighted by Crippen LogP contribution is 2.37. The summed E-state index contributed by atoms with van der Waals surface area (Å²) in [6.07, 6.45) is 5.30. The Bertz CT molecular complexity index is 452. The van der Waals surface area contributed by atoms with Crippen LogP contribution in [0.15, 0.2) is 6.20 Å². The van der Waals surface area contributed by atoms with Crippen molar-refractivity contribution in [1.82, 2.24) is 15.1 Å². The van der Waals surface area contributed by atoms with E-state index in [1.54, 1.807) is 0 Å². The maximum absolute atomic E-state index is 6.00. The van der Waals surface area contributed by atoms with Crippen molar-refractivity contribution in [3.05, 3.63) is 17.5 Å². The SMILES string of the molecule is CCNCc1cn(C2CCOC3(CCOC3)C2)nc1C. The molecule has 1 N–H and O–H groups in total. The molecule has 2 atom stereocenters. The van der Waals surface area contributed by atoms with Crippen LogP contribution >= 0.6 is 0 Å². The van der Waals surface area contributed by atoms with Crippen LogP contribution in [0.3, 0.4) is 0 Å². The van der Waals surface area contributed by atoms with Gasteiger partial charge in [-0.3, -0.25) is 4.68 Å². The summed E-state index contributed by atoms with van der Waals surface area (Å²) in [5.74, 6) is 0. The first kappa shape index (κ1) is 14.0. The summed E-state index contributed by atoms with van der Waals surface area (Å²) < 4.78 is 13.7. The van der Waals surface area contributed by atoms with Gasteiger partial charge in [-0.2, -0.15) is 5.10 Å². The van der Waals surface area contributed by atoms with Gasteiger partial charge < -0.3 is 14.8 Å². The predicted octanol–water partition coefficient (Wildman–Crippen LogP) is 1.81. The summed E-state index contributed by atoms with van der Waals surface area (Å²) in [5, 5.41) is 8.09. The van der Waals surface area contributed by atoms with E-state index in [1.165, 1.54) is 5.56 Å². The van der Waals surface area contributed by atoms with Crippen LogP contribution in [-0.2, 0) is 16.0 Å². The minimum absolute atomic E-state index is 0.0510. The topological polar surface area (TPSA) is 48.3 Å². The van der Waals surface area contributed by atoms with Crippen LogP contribution in [0.2, 0.25) is 0 Å². The van der Waals surface area contributed by atoms with Crippen LogP contribution in [-0.4, -0.2) is 41.7 Å². The van der Waals surface area contributed by atoms with Crippen molar-refractivity contribution in [2.75, 3.05) is 26.4 Å². The average Bonchev–Trinajstić information content (AvgIpc) is 3.04. The Hall–Kier alpha value is -0.910. The molecule has 3 rings (SSSR count). The Morgan fingerprint density at radius 2 is 2.40 bits per heavy atom. The number of ether oxygens (including phenoxy) is 2. The minimum Gasteiger partial charge on any atom is -0.378 e. The fraction of sp³-hybridized carbons (Fsp3) is 0.800. The van der Waals surface area contributed by atoms with Gasteiger partial charge in [-0.1, -0.05) is 6.92 Å². The van der Waals surface area contributed by atoms with E-state index < -0.39 is 0 Å². The number of aryl methyl sites for hydroxylation is 1. The molecule has 1 aromatic rings. The normalized spacial score (nSPS) is 30.2. The Kier molecular flexibility index (Phi) is 4.10. The zero-order valence-corrected chi connectivity index (χ0v) is 12.5. The fourth-order valence-electron chi connectivity index (χ4n) is 3.23. The summed E-state index contributed by atoms with van der Waals surface area (Å²) in [4.78, 5) is 0. The molecule has 2 saturated heterocycles. The molecular formula is C15H25N3O2. The number of hydrogen-bond acceptors (Lipinski definition) is 4. The summed E-state index contributed by atoms with van der Waals surface area (Å²) in [6.45, 7) is 8.50. The van der Waals surface area contributed by atoms with Crippen molar-refractivity contribution in [2.24, 2.45) is 0 Å². The first-order chi connectivity index (χ1) is 9.72. The molecule has 0 saturated carbocycles. The molecule has 2 aliphatic heterocycles. The number of rotatable bonds is 4. The molecule has 1 aromatic heterocycles. The van der Waals surface area contributed by atoms with Crippen molar-refractivity contribution in [1.29, 1.82) is 0 Å². The summed E-state index contributed by atoms with van der Waals surface area (Å²) in [5.41, 5.74) is 2.38. The smallest absolute Gasteiger partial charge is 0.0957 e. The van der Waals surface area contributed by atoms with Crippen molar-refractivity contribution in [3.8, 4) is 0 Å². The molecule has 2 aliphatic rings. The van der Waals surface area contributed by atoms with Crippen molar-refractivity contribution >= 4 is 0 Å². The molecule has 20 heavy (non-hydrogen) atoms. The lowest BCUT2D eigenvalue weighted by Gasteiger charge is -2.37. The minimum atomic E-state index is -0.0510. The second-order valence-corrected chi connectivity index (χ2v) is 5.98. The number of hydrogen-bond donors (Lipinski definition) is 1. The molecule has 0 aliphatic carbocycles. The second kappa shape index (κ2) is 5.84. The van der Waals surface area contributed by atoms with Crippen molar-refractivity contribution < 1.29 is 9.47 Å². The lowest BCUT2D eigenvalue weighted by atomic mass is 9.90. The molecule has 0 radical (unpaired) electrons. The molecule has 5 nitrogen and oxygen atoms in total. The van der Waals surface area contributed by atoms with E-state index in [9.17, 15) is 0 Å². The zero-order chi connectivity index (χ0) is 14.0. The summed E-state index contributed by atoms with van der Waals surface area (Å²) >= 11 is 0. The van der Waals surface area contributed by atoms with Gasteiger partial charge in [0.1, 0.15) is 0 Å². The number of aromatic nitrogens is 2. The van der Waals surface area contributed by atoms with E-state index in [0.717, 1.165) is 57.9 Å². The second-order valence-electron chi connectivity index (χ2n) is 5.98. The monoisotopic (exact) mass is 279 g/mol. The predicted molar refractivity (Wildman–Crippen MR) is 76.7 cm³/mol. The lowest BCUT2D eigenvalue weighted by molar-refractivity contribution is -0.0962. The largest absolute Gasteiger partial charge is 0.378 e. The summed E-state index contributed by atoms with van der Waals surface area (Å²) in [7, 11) is 0. The maximum Gasteiger partial charge on any atom is 0.0957 e. The van der Waals surface area contributed by atoms with Gasteiger partial charge in [-0.05, 0) is 19.9 Å². The Morgan fingerprint density at radius 1 is 1.50 bits per heavy atom. The van der Waals surface area contributed by atoms with Crippen molar-refractivity contribution in [2.45, 2.75) is 51.3 Å². The molecule has 2 unspecified atom stereocenters. The van der Waals surface area contributed by atoms with E-state index >= 15 is 0 Å². The molecule has 112 valence electrons. The number of nitrogens with one attached hydrogen (secondary N) is 1. The van der Waals surface area contributed by atoms with Gasteiger partial charge in [0.2, 0.25) is 0 Å². The van der Waals surface area contributed by atoms with Crippen LogP contribution in [0.4, 0.5) is 0 Å². The highest BCUT2D eigenvalue weighted by molar-refractivity contribution is 5.15. The Morgan fingerprint density at radius 3 is 3.15 bits per heavy atom. The van der Waals surface area contributed by atoms with Crippen LogP contribution in [0, 0.1) is 6.92 Å². The third kappa shape index (κ3) is 2.75.